The molecule has 2 heterocycles. The molecular formula is C19H18F2N6O2. The van der Waals surface area contributed by atoms with Crippen LogP contribution in [0.1, 0.15) is 34.0 Å². The Morgan fingerprint density at radius 1 is 1.31 bits per heavy atom. The van der Waals surface area contributed by atoms with Gasteiger partial charge in [0.05, 0.1) is 29.9 Å². The van der Waals surface area contributed by atoms with Crippen molar-refractivity contribution in [1.82, 2.24) is 25.3 Å². The van der Waals surface area contributed by atoms with Crippen molar-refractivity contribution in [3.05, 3.63) is 48.5 Å². The van der Waals surface area contributed by atoms with E-state index in [1.54, 1.807) is 18.2 Å². The summed E-state index contributed by atoms with van der Waals surface area (Å²) in [6, 6.07) is 6.51. The van der Waals surface area contributed by atoms with Crippen molar-refractivity contribution in [3.8, 4) is 16.9 Å². The second-order valence-electron chi connectivity index (χ2n) is 6.39. The summed E-state index contributed by atoms with van der Waals surface area (Å²) in [4.78, 5) is 12.3. The highest BCUT2D eigenvalue weighted by Gasteiger charge is 2.25. The maximum Gasteiger partial charge on any atom is 0.333 e. The third kappa shape index (κ3) is 4.15. The van der Waals surface area contributed by atoms with Crippen molar-refractivity contribution in [2.45, 2.75) is 25.5 Å². The third-order valence-corrected chi connectivity index (χ3v) is 4.25. The average Bonchev–Trinajstić information content (AvgIpc) is 3.39. The quantitative estimate of drug-likeness (QED) is 0.628. The van der Waals surface area contributed by atoms with Gasteiger partial charge in [-0.05, 0) is 36.6 Å². The fourth-order valence-corrected chi connectivity index (χ4v) is 2.67. The van der Waals surface area contributed by atoms with Crippen LogP contribution in [0.5, 0.6) is 5.75 Å². The smallest absolute Gasteiger partial charge is 0.333 e. The summed E-state index contributed by atoms with van der Waals surface area (Å²) in [5, 5.41) is 16.0. The first-order valence-corrected chi connectivity index (χ1v) is 8.74. The van der Waals surface area contributed by atoms with Gasteiger partial charge in [-0.15, -0.1) is 5.10 Å². The number of aromatic nitrogens is 4. The Balaban J connectivity index is 1.64. The Morgan fingerprint density at radius 3 is 2.90 bits per heavy atom. The predicted octanol–water partition coefficient (Wildman–Crippen LogP) is 3.38. The zero-order valence-electron chi connectivity index (χ0n) is 18.0. The first kappa shape index (κ1) is 15.4. The third-order valence-electron chi connectivity index (χ3n) is 4.25. The minimum absolute atomic E-state index is 0.0310. The van der Waals surface area contributed by atoms with Gasteiger partial charge in [0.25, 0.3) is 5.91 Å². The number of carbonyl (C=O) groups excluding carboxylic acids is 1. The van der Waals surface area contributed by atoms with Gasteiger partial charge in [-0.2, -0.15) is 19.0 Å². The molecule has 150 valence electrons. The largest absolute Gasteiger partial charge is 0.488 e. The number of rotatable bonds is 7. The maximum absolute atomic E-state index is 12.9. The molecule has 1 aromatic carbocycles. The topological polar surface area (TPSA) is 94.0 Å². The summed E-state index contributed by atoms with van der Waals surface area (Å²) >= 11 is 0. The summed E-state index contributed by atoms with van der Waals surface area (Å²) in [7, 11) is 0. The number of ether oxygens (including phenoxy) is 1. The van der Waals surface area contributed by atoms with Gasteiger partial charge in [-0.3, -0.25) is 4.79 Å². The molecule has 0 unspecified atom stereocenters. The molecule has 10 heteroatoms. The number of carbonyl (C=O) groups is 1. The lowest BCUT2D eigenvalue weighted by atomic mass is 10.1. The highest BCUT2D eigenvalue weighted by Crippen LogP contribution is 2.37. The second kappa shape index (κ2) is 7.82. The number of hydrogen-bond acceptors (Lipinski definition) is 6. The van der Waals surface area contributed by atoms with E-state index in [9.17, 15) is 13.6 Å². The van der Waals surface area contributed by atoms with Gasteiger partial charge in [0.1, 0.15) is 5.75 Å². The van der Waals surface area contributed by atoms with E-state index in [2.05, 4.69) is 20.6 Å². The summed E-state index contributed by atoms with van der Waals surface area (Å²) in [5.41, 5.74) is 1.61. The minimum Gasteiger partial charge on any atom is -0.488 e. The zero-order chi connectivity index (χ0) is 22.9. The summed E-state index contributed by atoms with van der Waals surface area (Å²) < 4.78 is 53.9. The van der Waals surface area contributed by atoms with E-state index in [-0.39, 0.29) is 17.5 Å². The molecule has 29 heavy (non-hydrogen) atoms. The van der Waals surface area contributed by atoms with Crippen molar-refractivity contribution in [2.24, 2.45) is 0 Å². The van der Waals surface area contributed by atoms with Crippen LogP contribution in [0.4, 0.5) is 20.2 Å². The number of benzene rings is 1. The fourth-order valence-electron chi connectivity index (χ4n) is 2.67. The van der Waals surface area contributed by atoms with E-state index < -0.39 is 19.4 Å². The molecule has 0 spiro atoms. The Labute approximate surface area is 169 Å². The summed E-state index contributed by atoms with van der Waals surface area (Å²) in [6.07, 6.45) is 5.72. The second-order valence-corrected chi connectivity index (χ2v) is 6.39. The number of nitrogens with one attached hydrogen (secondary N) is 2. The highest BCUT2D eigenvalue weighted by atomic mass is 19.3. The molecular weight excluding hydrogens is 382 g/mol. The van der Waals surface area contributed by atoms with Gasteiger partial charge in [-0.1, -0.05) is 6.07 Å². The molecule has 2 aromatic heterocycles. The van der Waals surface area contributed by atoms with E-state index in [0.717, 1.165) is 12.8 Å². The number of hydrogen-bond donors (Lipinski definition) is 2. The molecule has 8 nitrogen and oxygen atoms in total. The molecule has 1 amide bonds. The zero-order valence-corrected chi connectivity index (χ0v) is 15.0. The standard InChI is InChI=1S/C19H18F2N6O2/c1-22-18(28)17-15(6-7-23-26-17)25-14-5-2-11(8-16(14)29-13-3-4-13)12-9-24-27(10-12)19(20)21/h2,5-10,13,19H,3-4H2,1H3,(H,22,28)(H,23,25)/i1D3. The number of anilines is 2. The van der Waals surface area contributed by atoms with E-state index in [4.69, 9.17) is 8.85 Å². The van der Waals surface area contributed by atoms with Crippen LogP contribution in [0.2, 0.25) is 0 Å². The molecule has 0 radical (unpaired) electrons. The molecule has 0 aliphatic heterocycles. The molecule has 2 N–H and O–H groups in total. The number of nitrogens with zero attached hydrogens (tertiary/aromatic N) is 4. The lowest BCUT2D eigenvalue weighted by molar-refractivity contribution is 0.0566. The predicted molar refractivity (Wildman–Crippen MR) is 101 cm³/mol. The van der Waals surface area contributed by atoms with Crippen molar-refractivity contribution >= 4 is 17.3 Å². The van der Waals surface area contributed by atoms with Crippen molar-refractivity contribution in [3.63, 3.8) is 0 Å². The average molecular weight is 403 g/mol. The van der Waals surface area contributed by atoms with E-state index >= 15 is 0 Å². The van der Waals surface area contributed by atoms with Crippen LogP contribution in [0.15, 0.2) is 42.9 Å². The highest BCUT2D eigenvalue weighted by molar-refractivity contribution is 5.98. The Kier molecular flexibility index (Phi) is 4.15. The van der Waals surface area contributed by atoms with Gasteiger partial charge in [0.2, 0.25) is 0 Å². The van der Waals surface area contributed by atoms with Crippen molar-refractivity contribution < 1.29 is 22.4 Å². The Morgan fingerprint density at radius 2 is 2.17 bits per heavy atom. The van der Waals surface area contributed by atoms with E-state index in [0.29, 0.717) is 27.2 Å². The van der Waals surface area contributed by atoms with E-state index in [1.165, 1.54) is 24.7 Å². The first-order chi connectivity index (χ1) is 15.2. The van der Waals surface area contributed by atoms with Crippen LogP contribution in [0.25, 0.3) is 11.1 Å². The van der Waals surface area contributed by atoms with Gasteiger partial charge < -0.3 is 15.4 Å². The molecule has 3 aromatic rings. The normalized spacial score (nSPS) is 15.3. The Bertz CT molecular complexity index is 1130. The van der Waals surface area contributed by atoms with Crippen LogP contribution in [0.3, 0.4) is 0 Å². The van der Waals surface area contributed by atoms with Gasteiger partial charge in [0.15, 0.2) is 5.69 Å². The molecule has 4 rings (SSSR count). The maximum atomic E-state index is 12.9. The molecule has 1 aliphatic rings. The minimum atomic E-state index is -2.74. The van der Waals surface area contributed by atoms with Gasteiger partial charge in [0, 0.05) is 22.8 Å². The number of halogens is 2. The van der Waals surface area contributed by atoms with Gasteiger partial charge in [-0.25, -0.2) is 4.68 Å². The fraction of sp³-hybridized carbons (Fsp3) is 0.263. The molecule has 0 bridgehead atoms. The lowest BCUT2D eigenvalue weighted by Gasteiger charge is -2.15. The van der Waals surface area contributed by atoms with Gasteiger partial charge >= 0.3 is 6.55 Å². The molecule has 1 fully saturated rings. The van der Waals surface area contributed by atoms with Crippen LogP contribution in [0, 0.1) is 0 Å². The summed E-state index contributed by atoms with van der Waals surface area (Å²) in [6.45, 7) is -5.43. The molecule has 1 aliphatic carbocycles. The monoisotopic (exact) mass is 403 g/mol. The Hall–Kier alpha value is -3.56. The first-order valence-electron chi connectivity index (χ1n) is 10.2. The van der Waals surface area contributed by atoms with Crippen LogP contribution >= 0.6 is 0 Å². The summed E-state index contributed by atoms with van der Waals surface area (Å²) in [5.74, 6) is -0.477. The van der Waals surface area contributed by atoms with Crippen molar-refractivity contribution in [1.29, 1.82) is 0 Å². The van der Waals surface area contributed by atoms with Crippen LogP contribution in [-0.4, -0.2) is 39.0 Å². The van der Waals surface area contributed by atoms with Crippen LogP contribution < -0.4 is 15.4 Å². The molecule has 1 saturated carbocycles. The molecule has 0 atom stereocenters. The SMILES string of the molecule is [2H]C([2H])([2H])NC(=O)c1nnccc1Nc1ccc(-c2cnn(C(F)F)c2)cc1OC1CC1. The molecule has 0 saturated heterocycles. The van der Waals surface area contributed by atoms with E-state index in [1.807, 2.05) is 5.32 Å². The number of alkyl halides is 2. The number of amides is 1. The van der Waals surface area contributed by atoms with Crippen molar-refractivity contribution in [2.75, 3.05) is 12.3 Å². The van der Waals surface area contributed by atoms with Crippen LogP contribution in [-0.2, 0) is 0 Å². The lowest BCUT2D eigenvalue weighted by Crippen LogP contribution is -2.21.